The van der Waals surface area contributed by atoms with Crippen LogP contribution in [0.5, 0.6) is 5.75 Å². The first-order valence-corrected chi connectivity index (χ1v) is 8.53. The summed E-state index contributed by atoms with van der Waals surface area (Å²) in [6.07, 6.45) is 2.32. The molecule has 0 atom stereocenters. The number of hydrogen-bond donors (Lipinski definition) is 0. The third kappa shape index (κ3) is 2.95. The Labute approximate surface area is 142 Å². The number of anilines is 1. The van der Waals surface area contributed by atoms with Gasteiger partial charge in [-0.25, -0.2) is 0 Å². The van der Waals surface area contributed by atoms with Crippen molar-refractivity contribution in [1.29, 1.82) is 5.26 Å². The molecule has 122 valence electrons. The van der Waals surface area contributed by atoms with Crippen LogP contribution in [0.4, 0.5) is 5.69 Å². The standard InChI is InChI=1S/C20H21N3O/c21-13-16-5-7-17(8-6-16)14-22-11-9-18(10-12-22)23-15-24-20-4-2-1-3-19(20)23/h1-8,18H,9-12,14-15H2. The zero-order chi connectivity index (χ0) is 16.4. The van der Waals surface area contributed by atoms with E-state index in [0.29, 0.717) is 12.8 Å². The molecule has 0 unspecified atom stereocenters. The average molecular weight is 319 g/mol. The molecular formula is C20H21N3O. The number of ether oxygens (including phenoxy) is 1. The molecule has 1 fully saturated rings. The SMILES string of the molecule is N#Cc1ccc(CN2CCC(N3COc4ccccc43)CC2)cc1. The van der Waals surface area contributed by atoms with Gasteiger partial charge >= 0.3 is 0 Å². The van der Waals surface area contributed by atoms with Crippen LogP contribution in [-0.2, 0) is 6.54 Å². The van der Waals surface area contributed by atoms with Gasteiger partial charge in [-0.15, -0.1) is 0 Å². The molecular weight excluding hydrogens is 298 g/mol. The maximum absolute atomic E-state index is 8.88. The first-order chi connectivity index (χ1) is 11.8. The van der Waals surface area contributed by atoms with Crippen LogP contribution in [0.1, 0.15) is 24.0 Å². The summed E-state index contributed by atoms with van der Waals surface area (Å²) in [6, 6.07) is 19.0. The Bertz CT molecular complexity index is 742. The van der Waals surface area contributed by atoms with Crippen molar-refractivity contribution in [3.05, 3.63) is 59.7 Å². The molecule has 4 rings (SSSR count). The van der Waals surface area contributed by atoms with Crippen LogP contribution in [0.15, 0.2) is 48.5 Å². The Morgan fingerprint density at radius 1 is 1.04 bits per heavy atom. The smallest absolute Gasteiger partial charge is 0.161 e. The maximum Gasteiger partial charge on any atom is 0.161 e. The van der Waals surface area contributed by atoms with Crippen molar-refractivity contribution in [3.63, 3.8) is 0 Å². The second-order valence-electron chi connectivity index (χ2n) is 6.53. The molecule has 0 aromatic heterocycles. The number of para-hydroxylation sites is 2. The van der Waals surface area contributed by atoms with Crippen LogP contribution in [0.3, 0.4) is 0 Å². The Morgan fingerprint density at radius 3 is 2.54 bits per heavy atom. The highest BCUT2D eigenvalue weighted by molar-refractivity contribution is 5.61. The molecule has 0 amide bonds. The molecule has 4 nitrogen and oxygen atoms in total. The van der Waals surface area contributed by atoms with E-state index in [1.54, 1.807) is 0 Å². The highest BCUT2D eigenvalue weighted by Gasteiger charge is 2.29. The summed E-state index contributed by atoms with van der Waals surface area (Å²) in [5.74, 6) is 1.01. The summed E-state index contributed by atoms with van der Waals surface area (Å²) in [7, 11) is 0. The van der Waals surface area contributed by atoms with Crippen molar-refractivity contribution in [2.24, 2.45) is 0 Å². The molecule has 0 radical (unpaired) electrons. The van der Waals surface area contributed by atoms with Crippen LogP contribution in [-0.4, -0.2) is 30.8 Å². The number of nitrogens with zero attached hydrogens (tertiary/aromatic N) is 3. The summed E-state index contributed by atoms with van der Waals surface area (Å²) in [5, 5.41) is 8.88. The number of rotatable bonds is 3. The summed E-state index contributed by atoms with van der Waals surface area (Å²) >= 11 is 0. The van der Waals surface area contributed by atoms with Crippen LogP contribution in [0.2, 0.25) is 0 Å². The topological polar surface area (TPSA) is 39.5 Å². The Morgan fingerprint density at radius 2 is 1.79 bits per heavy atom. The third-order valence-electron chi connectivity index (χ3n) is 5.02. The lowest BCUT2D eigenvalue weighted by Gasteiger charge is -2.37. The van der Waals surface area contributed by atoms with Crippen LogP contribution >= 0.6 is 0 Å². The lowest BCUT2D eigenvalue weighted by atomic mass is 10.0. The quantitative estimate of drug-likeness (QED) is 0.869. The number of piperidine rings is 1. The second-order valence-corrected chi connectivity index (χ2v) is 6.53. The van der Waals surface area contributed by atoms with E-state index in [9.17, 15) is 0 Å². The molecule has 0 N–H and O–H groups in total. The number of likely N-dealkylation sites (tertiary alicyclic amines) is 1. The number of nitriles is 1. The fraction of sp³-hybridized carbons (Fsp3) is 0.350. The molecule has 2 aliphatic heterocycles. The van der Waals surface area contributed by atoms with Gasteiger partial charge in [0, 0.05) is 25.7 Å². The lowest BCUT2D eigenvalue weighted by Crippen LogP contribution is -2.44. The molecule has 4 heteroatoms. The highest BCUT2D eigenvalue weighted by Crippen LogP contribution is 2.36. The second kappa shape index (κ2) is 6.54. The number of benzene rings is 2. The molecule has 2 aromatic carbocycles. The monoisotopic (exact) mass is 319 g/mol. The minimum absolute atomic E-state index is 0.561. The van der Waals surface area contributed by atoms with Gasteiger partial charge in [0.1, 0.15) is 5.75 Å². The van der Waals surface area contributed by atoms with E-state index < -0.39 is 0 Å². The average Bonchev–Trinajstić information content (AvgIpc) is 3.07. The molecule has 2 aliphatic rings. The molecule has 2 heterocycles. The molecule has 2 aromatic rings. The van der Waals surface area contributed by atoms with Gasteiger partial charge in [0.05, 0.1) is 17.3 Å². The van der Waals surface area contributed by atoms with Crippen molar-refractivity contribution >= 4 is 5.69 Å². The van der Waals surface area contributed by atoms with Crippen LogP contribution in [0, 0.1) is 11.3 Å². The number of fused-ring (bicyclic) bond motifs is 1. The minimum Gasteiger partial charge on any atom is -0.471 e. The van der Waals surface area contributed by atoms with Gasteiger partial charge in [-0.1, -0.05) is 24.3 Å². The minimum atomic E-state index is 0.561. The molecule has 24 heavy (non-hydrogen) atoms. The predicted octanol–water partition coefficient (Wildman–Crippen LogP) is 3.38. The van der Waals surface area contributed by atoms with Gasteiger partial charge in [-0.2, -0.15) is 5.26 Å². The summed E-state index contributed by atoms with van der Waals surface area (Å²) in [6.45, 7) is 3.85. The van der Waals surface area contributed by atoms with Gasteiger partial charge in [0.15, 0.2) is 6.73 Å². The van der Waals surface area contributed by atoms with E-state index in [4.69, 9.17) is 10.00 Å². The van der Waals surface area contributed by atoms with Gasteiger partial charge in [-0.3, -0.25) is 4.90 Å². The lowest BCUT2D eigenvalue weighted by molar-refractivity contribution is 0.194. The first-order valence-electron chi connectivity index (χ1n) is 8.53. The van der Waals surface area contributed by atoms with E-state index in [2.05, 4.69) is 46.2 Å². The van der Waals surface area contributed by atoms with Crippen LogP contribution in [0.25, 0.3) is 0 Å². The Kier molecular flexibility index (Phi) is 4.10. The van der Waals surface area contributed by atoms with Gasteiger partial charge < -0.3 is 9.64 Å². The van der Waals surface area contributed by atoms with Crippen molar-refractivity contribution in [2.45, 2.75) is 25.4 Å². The van der Waals surface area contributed by atoms with Crippen molar-refractivity contribution < 1.29 is 4.74 Å². The molecule has 0 saturated carbocycles. The van der Waals surface area contributed by atoms with E-state index in [1.807, 2.05) is 18.2 Å². The van der Waals surface area contributed by atoms with Crippen molar-refractivity contribution in [3.8, 4) is 11.8 Å². The predicted molar refractivity (Wildman–Crippen MR) is 93.9 cm³/mol. The fourth-order valence-electron chi connectivity index (χ4n) is 3.66. The Balaban J connectivity index is 1.35. The summed E-state index contributed by atoms with van der Waals surface area (Å²) < 4.78 is 5.79. The Hall–Kier alpha value is -2.51. The van der Waals surface area contributed by atoms with E-state index >= 15 is 0 Å². The third-order valence-corrected chi connectivity index (χ3v) is 5.02. The van der Waals surface area contributed by atoms with Crippen LogP contribution < -0.4 is 9.64 Å². The zero-order valence-corrected chi connectivity index (χ0v) is 13.7. The van der Waals surface area contributed by atoms with Gasteiger partial charge in [0.2, 0.25) is 0 Å². The van der Waals surface area contributed by atoms with E-state index in [-0.39, 0.29) is 0 Å². The summed E-state index contributed by atoms with van der Waals surface area (Å²) in [5.41, 5.74) is 3.25. The normalized spacial score (nSPS) is 18.0. The van der Waals surface area contributed by atoms with Gasteiger partial charge in [0.25, 0.3) is 0 Å². The van der Waals surface area contributed by atoms with Crippen molar-refractivity contribution in [1.82, 2.24) is 4.90 Å². The molecule has 0 aliphatic carbocycles. The van der Waals surface area contributed by atoms with Gasteiger partial charge in [-0.05, 0) is 42.7 Å². The molecule has 0 spiro atoms. The van der Waals surface area contributed by atoms with E-state index in [1.165, 1.54) is 11.3 Å². The molecule has 1 saturated heterocycles. The first kappa shape index (κ1) is 15.0. The number of hydrogen-bond acceptors (Lipinski definition) is 4. The zero-order valence-electron chi connectivity index (χ0n) is 13.7. The van der Waals surface area contributed by atoms with Crippen molar-refractivity contribution in [2.75, 3.05) is 24.7 Å². The summed E-state index contributed by atoms with van der Waals surface area (Å²) in [4.78, 5) is 4.91. The highest BCUT2D eigenvalue weighted by atomic mass is 16.5. The largest absolute Gasteiger partial charge is 0.471 e. The molecule has 0 bridgehead atoms. The van der Waals surface area contributed by atoms with E-state index in [0.717, 1.165) is 43.8 Å². The fourth-order valence-corrected chi connectivity index (χ4v) is 3.66. The maximum atomic E-state index is 8.88.